The van der Waals surface area contributed by atoms with Crippen LogP contribution in [0.5, 0.6) is 0 Å². The van der Waals surface area contributed by atoms with Crippen molar-refractivity contribution in [3.63, 3.8) is 0 Å². The molecule has 0 fully saturated rings. The van der Waals surface area contributed by atoms with Gasteiger partial charge in [-0.3, -0.25) is 0 Å². The van der Waals surface area contributed by atoms with Gasteiger partial charge in [0.1, 0.15) is 0 Å². The van der Waals surface area contributed by atoms with Gasteiger partial charge in [-0.25, -0.2) is 0 Å². The van der Waals surface area contributed by atoms with Gasteiger partial charge in [0.05, 0.1) is 27.6 Å². The van der Waals surface area contributed by atoms with Gasteiger partial charge in [-0.2, -0.15) is 0 Å². The number of nitrogens with zero attached hydrogens (tertiary/aromatic N) is 2. The fourth-order valence-corrected chi connectivity index (χ4v) is 15.6. The third-order valence-electron chi connectivity index (χ3n) is 17.5. The summed E-state index contributed by atoms with van der Waals surface area (Å²) in [5.41, 5.74) is 23.7. The average Bonchev–Trinajstić information content (AvgIpc) is 4.27. The normalized spacial score (nSPS) is 15.2. The molecule has 1 spiro atoms. The summed E-state index contributed by atoms with van der Waals surface area (Å²) < 4.78 is 5.16. The van der Waals surface area contributed by atoms with Gasteiger partial charge in [-0.05, 0) is 139 Å². The van der Waals surface area contributed by atoms with E-state index in [2.05, 4.69) is 289 Å². The number of thiophene rings is 1. The van der Waals surface area contributed by atoms with Crippen LogP contribution >= 0.6 is 11.3 Å². The number of fused-ring (bicyclic) bond motifs is 18. The molecule has 1 aliphatic heterocycles. The topological polar surface area (TPSA) is 8.17 Å². The first-order valence-corrected chi connectivity index (χ1v) is 27.6. The molecule has 0 N–H and O–H groups in total. The Balaban J connectivity index is 0.937. The molecule has 0 radical (unpaired) electrons. The summed E-state index contributed by atoms with van der Waals surface area (Å²) in [6.07, 6.45) is 0. The monoisotopic (exact) mass is 994 g/mol. The molecule has 14 aromatic rings. The number of aromatic nitrogens is 1. The molecular weight excluding hydrogens is 949 g/mol. The standard InChI is InChI=1S/C74H46N2S/c1-3-19-48(20-4-1)73(49-21-5-2-6-22-49)61-29-11-7-23-54(61)56-43-41-51(45-65(56)73)75(50-39-37-47(38-40-50)53-27-18-36-70-71(53)60-26-10-16-35-69(60)77-70)52-42-44-57-55-24-8-12-30-62(55)74(66(57)46-52)63-31-13-15-34-68(63)76-67-33-14-9-25-58(67)59-28-17-32-64(74)72(59)76/h1-46H. The second-order valence-corrected chi connectivity index (χ2v) is 22.1. The highest BCUT2D eigenvalue weighted by Gasteiger charge is 2.51. The smallest absolute Gasteiger partial charge is 0.0755 e. The molecule has 12 aromatic carbocycles. The van der Waals surface area contributed by atoms with E-state index in [4.69, 9.17) is 0 Å². The molecule has 0 amide bonds. The van der Waals surface area contributed by atoms with Crippen molar-refractivity contribution in [2.45, 2.75) is 10.8 Å². The van der Waals surface area contributed by atoms with Gasteiger partial charge in [-0.15, -0.1) is 11.3 Å². The first-order valence-electron chi connectivity index (χ1n) is 26.7. The summed E-state index contributed by atoms with van der Waals surface area (Å²) in [4.78, 5) is 2.53. The van der Waals surface area contributed by atoms with E-state index in [0.29, 0.717) is 0 Å². The molecule has 3 heterocycles. The van der Waals surface area contributed by atoms with E-state index in [9.17, 15) is 0 Å². The molecule has 1 atom stereocenters. The quantitative estimate of drug-likeness (QED) is 0.161. The van der Waals surface area contributed by atoms with Crippen LogP contribution in [0.1, 0.15) is 44.5 Å². The third-order valence-corrected chi connectivity index (χ3v) is 18.6. The maximum absolute atomic E-state index is 2.54. The summed E-state index contributed by atoms with van der Waals surface area (Å²) in [6.45, 7) is 0. The Morgan fingerprint density at radius 2 is 0.805 bits per heavy atom. The lowest BCUT2D eigenvalue weighted by Crippen LogP contribution is -2.33. The minimum absolute atomic E-state index is 0.561. The zero-order valence-corrected chi connectivity index (χ0v) is 42.7. The van der Waals surface area contributed by atoms with Crippen molar-refractivity contribution in [1.29, 1.82) is 0 Å². The minimum Gasteiger partial charge on any atom is -0.310 e. The van der Waals surface area contributed by atoms with Crippen LogP contribution in [0.25, 0.3) is 81.0 Å². The zero-order valence-electron chi connectivity index (χ0n) is 41.9. The number of benzene rings is 12. The average molecular weight is 995 g/mol. The number of rotatable bonds is 6. The molecule has 2 nitrogen and oxygen atoms in total. The van der Waals surface area contributed by atoms with Gasteiger partial charge in [0, 0.05) is 48.0 Å². The van der Waals surface area contributed by atoms with Gasteiger partial charge in [0.2, 0.25) is 0 Å². The van der Waals surface area contributed by atoms with Crippen LogP contribution in [-0.4, -0.2) is 4.57 Å². The molecule has 1 unspecified atom stereocenters. The lowest BCUT2D eigenvalue weighted by Gasteiger charge is -2.40. The molecule has 3 aliphatic rings. The predicted molar refractivity (Wildman–Crippen MR) is 322 cm³/mol. The van der Waals surface area contributed by atoms with Crippen molar-refractivity contribution in [2.24, 2.45) is 0 Å². The van der Waals surface area contributed by atoms with Crippen molar-refractivity contribution in [3.8, 4) is 39.1 Å². The minimum atomic E-state index is -0.602. The lowest BCUT2D eigenvalue weighted by atomic mass is 9.65. The Labute approximate surface area is 450 Å². The van der Waals surface area contributed by atoms with Gasteiger partial charge >= 0.3 is 0 Å². The Hall–Kier alpha value is -9.54. The highest BCUT2D eigenvalue weighted by molar-refractivity contribution is 7.25. The van der Waals surface area contributed by atoms with Crippen LogP contribution < -0.4 is 4.90 Å². The van der Waals surface area contributed by atoms with Crippen LogP contribution in [0.2, 0.25) is 0 Å². The molecule has 3 heteroatoms. The van der Waals surface area contributed by atoms with Gasteiger partial charge < -0.3 is 9.47 Å². The van der Waals surface area contributed by atoms with Crippen molar-refractivity contribution in [1.82, 2.24) is 4.57 Å². The lowest BCUT2D eigenvalue weighted by molar-refractivity contribution is 0.748. The zero-order chi connectivity index (χ0) is 50.4. The highest BCUT2D eigenvalue weighted by atomic mass is 32.1. The second kappa shape index (κ2) is 16.0. The van der Waals surface area contributed by atoms with Crippen LogP contribution in [0.3, 0.4) is 0 Å². The first-order chi connectivity index (χ1) is 38.2. The summed E-state index contributed by atoms with van der Waals surface area (Å²) in [5, 5.41) is 5.18. The predicted octanol–water partition coefficient (Wildman–Crippen LogP) is 19.3. The SMILES string of the molecule is c1ccc(C2(c3ccccc3)c3ccccc3-c3ccc(N(c4ccc(-c5cccc6sc7ccccc7c56)cc4)c4ccc5c(c4)C4(c6ccccc6-5)c5ccccc5-n5c6ccccc6c6cccc4c65)cc32)cc1. The van der Waals surface area contributed by atoms with Crippen molar-refractivity contribution >= 4 is 70.4 Å². The fourth-order valence-electron chi connectivity index (χ4n) is 14.5. The number of para-hydroxylation sites is 3. The van der Waals surface area contributed by atoms with Crippen molar-refractivity contribution in [2.75, 3.05) is 4.90 Å². The number of hydrogen-bond donors (Lipinski definition) is 0. The molecule has 0 saturated heterocycles. The molecule has 77 heavy (non-hydrogen) atoms. The molecule has 358 valence electrons. The van der Waals surface area contributed by atoms with Crippen LogP contribution in [0.15, 0.2) is 279 Å². The maximum atomic E-state index is 2.54. The van der Waals surface area contributed by atoms with Gasteiger partial charge in [0.25, 0.3) is 0 Å². The van der Waals surface area contributed by atoms with E-state index in [0.717, 1.165) is 17.1 Å². The molecule has 0 bridgehead atoms. The molecular formula is C74H46N2S. The molecule has 0 saturated carbocycles. The van der Waals surface area contributed by atoms with Gasteiger partial charge in [-0.1, -0.05) is 218 Å². The first kappa shape index (κ1) is 42.8. The number of hydrogen-bond acceptors (Lipinski definition) is 2. The van der Waals surface area contributed by atoms with E-state index in [1.807, 2.05) is 11.3 Å². The second-order valence-electron chi connectivity index (χ2n) is 21.0. The van der Waals surface area contributed by atoms with E-state index in [1.165, 1.54) is 126 Å². The molecule has 2 aromatic heterocycles. The number of anilines is 3. The van der Waals surface area contributed by atoms with E-state index in [-0.39, 0.29) is 0 Å². The third kappa shape index (κ3) is 5.63. The van der Waals surface area contributed by atoms with E-state index >= 15 is 0 Å². The Morgan fingerprint density at radius 3 is 1.52 bits per heavy atom. The Bertz CT molecular complexity index is 4710. The van der Waals surface area contributed by atoms with Crippen LogP contribution in [0, 0.1) is 0 Å². The maximum Gasteiger partial charge on any atom is 0.0755 e. The van der Waals surface area contributed by atoms with E-state index < -0.39 is 10.8 Å². The molecule has 2 aliphatic carbocycles. The Kier molecular flexibility index (Phi) is 8.88. The summed E-state index contributed by atoms with van der Waals surface area (Å²) in [6, 6.07) is 105. The van der Waals surface area contributed by atoms with Crippen molar-refractivity contribution in [3.05, 3.63) is 324 Å². The van der Waals surface area contributed by atoms with Crippen molar-refractivity contribution < 1.29 is 0 Å². The summed E-state index contributed by atoms with van der Waals surface area (Å²) in [5.74, 6) is 0. The summed E-state index contributed by atoms with van der Waals surface area (Å²) in [7, 11) is 0. The van der Waals surface area contributed by atoms with Crippen LogP contribution in [0.4, 0.5) is 17.1 Å². The Morgan fingerprint density at radius 1 is 0.312 bits per heavy atom. The van der Waals surface area contributed by atoms with Crippen LogP contribution in [-0.2, 0) is 10.8 Å². The largest absolute Gasteiger partial charge is 0.310 e. The molecule has 17 rings (SSSR count). The fraction of sp³-hybridized carbons (Fsp3) is 0.0270. The van der Waals surface area contributed by atoms with Gasteiger partial charge in [0.15, 0.2) is 0 Å². The highest BCUT2D eigenvalue weighted by Crippen LogP contribution is 2.63. The van der Waals surface area contributed by atoms with E-state index in [1.54, 1.807) is 0 Å². The summed E-state index contributed by atoms with van der Waals surface area (Å²) >= 11 is 1.87.